The molecule has 1 amide bonds. The maximum atomic E-state index is 12.6. The lowest BCUT2D eigenvalue weighted by molar-refractivity contribution is 0.102. The van der Waals surface area contributed by atoms with Gasteiger partial charge in [-0.1, -0.05) is 42.0 Å². The number of anilines is 2. The average molecular weight is 372 g/mol. The molecule has 142 valence electrons. The van der Waals surface area contributed by atoms with Crippen LogP contribution in [0.3, 0.4) is 0 Å². The quantitative estimate of drug-likeness (QED) is 0.748. The Morgan fingerprint density at radius 3 is 2.32 bits per heavy atom. The summed E-state index contributed by atoms with van der Waals surface area (Å²) in [5.74, 6) is 0.472. The summed E-state index contributed by atoms with van der Waals surface area (Å²) >= 11 is 0. The predicted molar refractivity (Wildman–Crippen MR) is 112 cm³/mol. The number of amides is 1. The van der Waals surface area contributed by atoms with Gasteiger partial charge in [0.25, 0.3) is 5.91 Å². The van der Waals surface area contributed by atoms with E-state index in [4.69, 9.17) is 0 Å². The molecule has 0 radical (unpaired) electrons. The molecule has 0 spiro atoms. The van der Waals surface area contributed by atoms with Crippen molar-refractivity contribution in [2.45, 2.75) is 33.7 Å². The Balaban J connectivity index is 1.49. The van der Waals surface area contributed by atoms with Gasteiger partial charge in [-0.15, -0.1) is 0 Å². The second-order valence-electron chi connectivity index (χ2n) is 7.44. The summed E-state index contributed by atoms with van der Waals surface area (Å²) in [5, 5.41) is 3.00. The standard InChI is InChI=1S/C23H24N4O/c1-15-10-16(2)21(17(3)11-15)26-22(28)20-12-24-23(25-13-20)27-9-8-18-6-4-5-7-19(18)14-27/h4-7,10-13H,8-9,14H2,1-3H3,(H,26,28). The maximum Gasteiger partial charge on any atom is 0.258 e. The first-order chi connectivity index (χ1) is 13.5. The fraction of sp³-hybridized carbons (Fsp3) is 0.261. The Labute approximate surface area is 165 Å². The summed E-state index contributed by atoms with van der Waals surface area (Å²) in [6.45, 7) is 7.73. The fourth-order valence-corrected chi connectivity index (χ4v) is 3.83. The SMILES string of the molecule is Cc1cc(C)c(NC(=O)c2cnc(N3CCc4ccccc4C3)nc2)c(C)c1. The minimum absolute atomic E-state index is 0.189. The molecule has 0 saturated carbocycles. The first kappa shape index (κ1) is 18.2. The summed E-state index contributed by atoms with van der Waals surface area (Å²) in [4.78, 5) is 23.7. The summed E-state index contributed by atoms with van der Waals surface area (Å²) in [6.07, 6.45) is 4.20. The van der Waals surface area contributed by atoms with Crippen LogP contribution in [0.15, 0.2) is 48.8 Å². The number of fused-ring (bicyclic) bond motifs is 1. The average Bonchev–Trinajstić information content (AvgIpc) is 2.70. The van der Waals surface area contributed by atoms with Crippen LogP contribution >= 0.6 is 0 Å². The van der Waals surface area contributed by atoms with Gasteiger partial charge in [-0.2, -0.15) is 0 Å². The first-order valence-electron chi connectivity index (χ1n) is 9.54. The van der Waals surface area contributed by atoms with E-state index in [-0.39, 0.29) is 5.91 Å². The number of aryl methyl sites for hydroxylation is 3. The van der Waals surface area contributed by atoms with E-state index in [2.05, 4.69) is 63.5 Å². The third-order valence-electron chi connectivity index (χ3n) is 5.23. The molecule has 5 heteroatoms. The van der Waals surface area contributed by atoms with Crippen LogP contribution in [0.5, 0.6) is 0 Å². The zero-order chi connectivity index (χ0) is 19.7. The van der Waals surface area contributed by atoms with Crippen LogP contribution < -0.4 is 10.2 Å². The molecular formula is C23H24N4O. The molecule has 1 aromatic heterocycles. The number of carbonyl (C=O) groups excluding carboxylic acids is 1. The zero-order valence-corrected chi connectivity index (χ0v) is 16.5. The first-order valence-corrected chi connectivity index (χ1v) is 9.54. The molecule has 0 aliphatic carbocycles. The number of carbonyl (C=O) groups is 1. The topological polar surface area (TPSA) is 58.1 Å². The maximum absolute atomic E-state index is 12.6. The van der Waals surface area contributed by atoms with Crippen LogP contribution in [-0.2, 0) is 13.0 Å². The summed E-state index contributed by atoms with van der Waals surface area (Å²) < 4.78 is 0. The van der Waals surface area contributed by atoms with Gasteiger partial charge in [0, 0.05) is 31.2 Å². The molecule has 5 nitrogen and oxygen atoms in total. The minimum Gasteiger partial charge on any atom is -0.336 e. The molecule has 3 aromatic rings. The van der Waals surface area contributed by atoms with E-state index in [1.165, 1.54) is 16.7 Å². The normalized spacial score (nSPS) is 13.2. The number of nitrogens with zero attached hydrogens (tertiary/aromatic N) is 3. The molecule has 1 aliphatic heterocycles. The molecule has 1 aliphatic rings. The van der Waals surface area contributed by atoms with E-state index < -0.39 is 0 Å². The Morgan fingerprint density at radius 2 is 1.64 bits per heavy atom. The smallest absolute Gasteiger partial charge is 0.258 e. The van der Waals surface area contributed by atoms with Gasteiger partial charge in [0.1, 0.15) is 0 Å². The van der Waals surface area contributed by atoms with Crippen LogP contribution in [0, 0.1) is 20.8 Å². The number of benzene rings is 2. The fourth-order valence-electron chi connectivity index (χ4n) is 3.83. The number of hydrogen-bond acceptors (Lipinski definition) is 4. The van der Waals surface area contributed by atoms with E-state index in [1.807, 2.05) is 13.8 Å². The largest absolute Gasteiger partial charge is 0.336 e. The summed E-state index contributed by atoms with van der Waals surface area (Å²) in [7, 11) is 0. The molecule has 0 atom stereocenters. The van der Waals surface area contributed by atoms with Gasteiger partial charge in [0.15, 0.2) is 0 Å². The highest BCUT2D eigenvalue weighted by Crippen LogP contribution is 2.24. The third kappa shape index (κ3) is 3.60. The predicted octanol–water partition coefficient (Wildman–Crippen LogP) is 4.22. The van der Waals surface area contributed by atoms with Crippen LogP contribution in [0.1, 0.15) is 38.2 Å². The van der Waals surface area contributed by atoms with Gasteiger partial charge < -0.3 is 10.2 Å². The molecular weight excluding hydrogens is 348 g/mol. The van der Waals surface area contributed by atoms with Gasteiger partial charge in [-0.3, -0.25) is 4.79 Å². The van der Waals surface area contributed by atoms with Gasteiger partial charge >= 0.3 is 0 Å². The van der Waals surface area contributed by atoms with Crippen molar-refractivity contribution >= 4 is 17.5 Å². The number of aromatic nitrogens is 2. The van der Waals surface area contributed by atoms with E-state index in [0.717, 1.165) is 36.3 Å². The van der Waals surface area contributed by atoms with E-state index >= 15 is 0 Å². The molecule has 0 unspecified atom stereocenters. The van der Waals surface area contributed by atoms with Gasteiger partial charge in [0.05, 0.1) is 5.56 Å². The molecule has 4 rings (SSSR count). The molecule has 2 aromatic carbocycles. The van der Waals surface area contributed by atoms with Crippen molar-refractivity contribution in [2.24, 2.45) is 0 Å². The van der Waals surface area contributed by atoms with Crippen LogP contribution in [0.2, 0.25) is 0 Å². The van der Waals surface area contributed by atoms with E-state index in [9.17, 15) is 4.79 Å². The van der Waals surface area contributed by atoms with Crippen molar-refractivity contribution in [3.05, 3.63) is 82.2 Å². The van der Waals surface area contributed by atoms with Crippen LogP contribution in [0.4, 0.5) is 11.6 Å². The van der Waals surface area contributed by atoms with Crippen LogP contribution in [0.25, 0.3) is 0 Å². The Kier molecular flexibility index (Phi) is 4.82. The van der Waals surface area contributed by atoms with Crippen molar-refractivity contribution in [3.63, 3.8) is 0 Å². The lowest BCUT2D eigenvalue weighted by Gasteiger charge is -2.28. The number of rotatable bonds is 3. The van der Waals surface area contributed by atoms with Crippen molar-refractivity contribution in [1.82, 2.24) is 9.97 Å². The van der Waals surface area contributed by atoms with Crippen molar-refractivity contribution in [2.75, 3.05) is 16.8 Å². The van der Waals surface area contributed by atoms with Crippen molar-refractivity contribution in [3.8, 4) is 0 Å². The highest BCUT2D eigenvalue weighted by Gasteiger charge is 2.19. The third-order valence-corrected chi connectivity index (χ3v) is 5.23. The Bertz CT molecular complexity index is 1000. The minimum atomic E-state index is -0.189. The Hall–Kier alpha value is -3.21. The monoisotopic (exact) mass is 372 g/mol. The van der Waals surface area contributed by atoms with Gasteiger partial charge in [0.2, 0.25) is 5.95 Å². The molecule has 0 saturated heterocycles. The van der Waals surface area contributed by atoms with Gasteiger partial charge in [-0.05, 0) is 49.4 Å². The Morgan fingerprint density at radius 1 is 1.00 bits per heavy atom. The number of nitrogens with one attached hydrogen (secondary N) is 1. The lowest BCUT2D eigenvalue weighted by Crippen LogP contribution is -2.31. The summed E-state index contributed by atoms with van der Waals surface area (Å²) in [6, 6.07) is 12.6. The second kappa shape index (κ2) is 7.43. The highest BCUT2D eigenvalue weighted by atomic mass is 16.1. The van der Waals surface area contributed by atoms with Crippen molar-refractivity contribution in [1.29, 1.82) is 0 Å². The molecule has 2 heterocycles. The van der Waals surface area contributed by atoms with E-state index in [0.29, 0.717) is 11.5 Å². The molecule has 0 fully saturated rings. The highest BCUT2D eigenvalue weighted by molar-refractivity contribution is 6.04. The zero-order valence-electron chi connectivity index (χ0n) is 16.5. The molecule has 0 bridgehead atoms. The van der Waals surface area contributed by atoms with Crippen molar-refractivity contribution < 1.29 is 4.79 Å². The molecule has 28 heavy (non-hydrogen) atoms. The van der Waals surface area contributed by atoms with E-state index in [1.54, 1.807) is 12.4 Å². The molecule has 1 N–H and O–H groups in total. The van der Waals surface area contributed by atoms with Crippen LogP contribution in [-0.4, -0.2) is 22.4 Å². The van der Waals surface area contributed by atoms with Gasteiger partial charge in [-0.25, -0.2) is 9.97 Å². The lowest BCUT2D eigenvalue weighted by atomic mass is 10.0. The number of hydrogen-bond donors (Lipinski definition) is 1. The second-order valence-corrected chi connectivity index (χ2v) is 7.44. The summed E-state index contributed by atoms with van der Waals surface area (Å²) in [5.41, 5.74) is 7.30.